The number of nitrogens with one attached hydrogen (secondary N) is 1. The van der Waals surface area contributed by atoms with E-state index in [4.69, 9.17) is 0 Å². The molecule has 1 heterocycles. The molecule has 1 aromatic heterocycles. The van der Waals surface area contributed by atoms with Crippen LogP contribution in [0.15, 0.2) is 12.3 Å². The molecule has 1 aliphatic carbocycles. The predicted molar refractivity (Wildman–Crippen MR) is 63.7 cm³/mol. The zero-order valence-electron chi connectivity index (χ0n) is 10.2. The first kappa shape index (κ1) is 12.3. The lowest BCUT2D eigenvalue weighted by molar-refractivity contribution is 0.280. The average Bonchev–Trinajstić information content (AvgIpc) is 2.21. The van der Waals surface area contributed by atoms with E-state index in [1.165, 1.54) is 6.42 Å². The van der Waals surface area contributed by atoms with Crippen LogP contribution < -0.4 is 5.32 Å². The molecule has 2 rings (SSSR count). The third-order valence-electron chi connectivity index (χ3n) is 3.33. The van der Waals surface area contributed by atoms with Crippen LogP contribution in [0.1, 0.15) is 33.1 Å². The lowest BCUT2D eigenvalue weighted by atomic mass is 9.80. The molecule has 17 heavy (non-hydrogen) atoms. The number of hydrogen-bond donors (Lipinski definition) is 1. The molecule has 0 spiro atoms. The highest BCUT2D eigenvalue weighted by molar-refractivity contribution is 5.37. The smallest absolute Gasteiger partial charge is 0.168 e. The molecule has 94 valence electrons. The molecule has 2 unspecified atom stereocenters. The van der Waals surface area contributed by atoms with Crippen LogP contribution in [0, 0.1) is 23.5 Å². The van der Waals surface area contributed by atoms with Gasteiger partial charge in [-0.3, -0.25) is 0 Å². The molecule has 0 saturated heterocycles. The van der Waals surface area contributed by atoms with Gasteiger partial charge in [-0.15, -0.1) is 0 Å². The summed E-state index contributed by atoms with van der Waals surface area (Å²) in [4.78, 5) is 3.76. The van der Waals surface area contributed by atoms with E-state index in [0.717, 1.165) is 25.1 Å². The normalized spacial score (nSPS) is 29.1. The van der Waals surface area contributed by atoms with E-state index < -0.39 is 11.6 Å². The maximum Gasteiger partial charge on any atom is 0.168 e. The predicted octanol–water partition coefficient (Wildman–Crippen LogP) is 3.60. The summed E-state index contributed by atoms with van der Waals surface area (Å²) in [5, 5.41) is 3.08. The number of pyridine rings is 1. The average molecular weight is 240 g/mol. The highest BCUT2D eigenvalue weighted by Gasteiger charge is 2.24. The zero-order chi connectivity index (χ0) is 12.4. The Labute approximate surface area is 100 Å². The fourth-order valence-corrected chi connectivity index (χ4v) is 2.78. The van der Waals surface area contributed by atoms with Crippen molar-refractivity contribution in [2.75, 3.05) is 5.32 Å². The fraction of sp³-hybridized carbons (Fsp3) is 0.615. The Bertz CT molecular complexity index is 385. The minimum Gasteiger partial charge on any atom is -0.365 e. The Hall–Kier alpha value is -1.19. The number of aromatic nitrogens is 1. The van der Waals surface area contributed by atoms with Gasteiger partial charge in [-0.05, 0) is 31.1 Å². The van der Waals surface area contributed by atoms with Gasteiger partial charge in [0.15, 0.2) is 11.6 Å². The second-order valence-electron chi connectivity index (χ2n) is 5.24. The van der Waals surface area contributed by atoms with Gasteiger partial charge in [0.25, 0.3) is 0 Å². The van der Waals surface area contributed by atoms with Gasteiger partial charge in [-0.25, -0.2) is 13.8 Å². The molecule has 1 N–H and O–H groups in total. The van der Waals surface area contributed by atoms with Crippen LogP contribution in [0.4, 0.5) is 14.6 Å². The van der Waals surface area contributed by atoms with Gasteiger partial charge in [-0.2, -0.15) is 0 Å². The molecule has 1 aromatic rings. The third-order valence-corrected chi connectivity index (χ3v) is 3.33. The third kappa shape index (κ3) is 3.14. The van der Waals surface area contributed by atoms with Crippen molar-refractivity contribution in [3.63, 3.8) is 0 Å². The molecule has 1 saturated carbocycles. The number of rotatable bonds is 2. The molecule has 1 fully saturated rings. The first-order valence-electron chi connectivity index (χ1n) is 6.12. The van der Waals surface area contributed by atoms with E-state index in [1.807, 2.05) is 0 Å². The minimum absolute atomic E-state index is 0.165. The van der Waals surface area contributed by atoms with Gasteiger partial charge in [-0.1, -0.05) is 13.8 Å². The summed E-state index contributed by atoms with van der Waals surface area (Å²) in [6.45, 7) is 4.41. The maximum atomic E-state index is 13.4. The van der Waals surface area contributed by atoms with E-state index in [2.05, 4.69) is 24.1 Å². The van der Waals surface area contributed by atoms with E-state index in [0.29, 0.717) is 11.8 Å². The van der Waals surface area contributed by atoms with E-state index >= 15 is 0 Å². The second-order valence-corrected chi connectivity index (χ2v) is 5.24. The largest absolute Gasteiger partial charge is 0.365 e. The summed E-state index contributed by atoms with van der Waals surface area (Å²) in [6, 6.07) is 1.10. The van der Waals surface area contributed by atoms with Crippen molar-refractivity contribution in [1.82, 2.24) is 4.98 Å². The Morgan fingerprint density at radius 2 is 1.82 bits per heavy atom. The van der Waals surface area contributed by atoms with Crippen LogP contribution >= 0.6 is 0 Å². The van der Waals surface area contributed by atoms with Crippen molar-refractivity contribution >= 4 is 5.82 Å². The Balaban J connectivity index is 2.04. The van der Waals surface area contributed by atoms with Crippen molar-refractivity contribution in [3.8, 4) is 0 Å². The van der Waals surface area contributed by atoms with Crippen LogP contribution in [-0.2, 0) is 0 Å². The Morgan fingerprint density at radius 3 is 2.41 bits per heavy atom. The quantitative estimate of drug-likeness (QED) is 0.854. The summed E-state index contributed by atoms with van der Waals surface area (Å²) in [7, 11) is 0. The topological polar surface area (TPSA) is 24.9 Å². The van der Waals surface area contributed by atoms with Crippen molar-refractivity contribution < 1.29 is 8.78 Å². The van der Waals surface area contributed by atoms with Gasteiger partial charge in [0.2, 0.25) is 0 Å². The van der Waals surface area contributed by atoms with Crippen molar-refractivity contribution in [2.24, 2.45) is 11.8 Å². The Morgan fingerprint density at radius 1 is 1.18 bits per heavy atom. The molecule has 0 amide bonds. The molecule has 1 aliphatic rings. The molecule has 0 radical (unpaired) electrons. The maximum absolute atomic E-state index is 13.4. The molecule has 0 aromatic carbocycles. The van der Waals surface area contributed by atoms with Gasteiger partial charge in [0.05, 0.1) is 6.20 Å². The van der Waals surface area contributed by atoms with E-state index in [1.54, 1.807) is 0 Å². The number of nitrogens with zero attached hydrogens (tertiary/aromatic N) is 1. The van der Waals surface area contributed by atoms with Gasteiger partial charge in [0.1, 0.15) is 5.82 Å². The number of halogens is 2. The summed E-state index contributed by atoms with van der Waals surface area (Å²) < 4.78 is 26.2. The van der Waals surface area contributed by atoms with Crippen LogP contribution in [0.2, 0.25) is 0 Å². The van der Waals surface area contributed by atoms with Crippen LogP contribution in [0.3, 0.4) is 0 Å². The highest BCUT2D eigenvalue weighted by Crippen LogP contribution is 2.30. The standard InChI is InChI=1S/C13H18F2N2/c1-8-3-9(2)5-11(4-8)17-13-12(15)6-10(14)7-16-13/h6-9,11H,3-5H2,1-2H3,(H,16,17). The van der Waals surface area contributed by atoms with Gasteiger partial charge < -0.3 is 5.32 Å². The van der Waals surface area contributed by atoms with Crippen LogP contribution in [-0.4, -0.2) is 11.0 Å². The first-order chi connectivity index (χ1) is 8.04. The second kappa shape index (κ2) is 4.98. The van der Waals surface area contributed by atoms with Gasteiger partial charge >= 0.3 is 0 Å². The lowest BCUT2D eigenvalue weighted by Gasteiger charge is -2.32. The molecular weight excluding hydrogens is 222 g/mol. The summed E-state index contributed by atoms with van der Waals surface area (Å²) in [5.41, 5.74) is 0. The van der Waals surface area contributed by atoms with Crippen LogP contribution in [0.5, 0.6) is 0 Å². The highest BCUT2D eigenvalue weighted by atomic mass is 19.1. The van der Waals surface area contributed by atoms with Crippen LogP contribution in [0.25, 0.3) is 0 Å². The monoisotopic (exact) mass is 240 g/mol. The summed E-state index contributed by atoms with van der Waals surface area (Å²) in [6.07, 6.45) is 4.30. The van der Waals surface area contributed by atoms with Gasteiger partial charge in [0, 0.05) is 12.1 Å². The number of hydrogen-bond acceptors (Lipinski definition) is 2. The molecule has 0 bridgehead atoms. The molecular formula is C13H18F2N2. The zero-order valence-corrected chi connectivity index (χ0v) is 10.2. The van der Waals surface area contributed by atoms with Crippen molar-refractivity contribution in [3.05, 3.63) is 23.9 Å². The molecule has 0 aliphatic heterocycles. The van der Waals surface area contributed by atoms with Crippen molar-refractivity contribution in [2.45, 2.75) is 39.2 Å². The van der Waals surface area contributed by atoms with Crippen molar-refractivity contribution in [1.29, 1.82) is 0 Å². The number of anilines is 1. The summed E-state index contributed by atoms with van der Waals surface area (Å²) >= 11 is 0. The minimum atomic E-state index is -0.640. The SMILES string of the molecule is CC1CC(C)CC(Nc2ncc(F)cc2F)C1. The lowest BCUT2D eigenvalue weighted by Crippen LogP contribution is -2.30. The Kier molecular flexibility index (Phi) is 3.60. The van der Waals surface area contributed by atoms with E-state index in [9.17, 15) is 8.78 Å². The fourth-order valence-electron chi connectivity index (χ4n) is 2.78. The van der Waals surface area contributed by atoms with E-state index in [-0.39, 0.29) is 11.9 Å². The molecule has 2 nitrogen and oxygen atoms in total. The molecule has 4 heteroatoms. The molecule has 2 atom stereocenters. The summed E-state index contributed by atoms with van der Waals surface area (Å²) in [5.74, 6) is 0.187. The first-order valence-corrected chi connectivity index (χ1v) is 6.12.